The predicted octanol–water partition coefficient (Wildman–Crippen LogP) is 3.11. The molecule has 3 nitrogen and oxygen atoms in total. The molecule has 1 aromatic carbocycles. The first-order valence-electron chi connectivity index (χ1n) is 4.75. The zero-order chi connectivity index (χ0) is 10.7. The molecule has 3 heteroatoms. The Morgan fingerprint density at radius 2 is 2.27 bits per heavy atom. The minimum atomic E-state index is 0.103. The van der Waals surface area contributed by atoms with Gasteiger partial charge in [0.2, 0.25) is 0 Å². The molecule has 76 valence electrons. The maximum atomic E-state index is 10.7. The second-order valence-electron chi connectivity index (χ2n) is 3.33. The van der Waals surface area contributed by atoms with Crippen LogP contribution in [0.1, 0.15) is 13.3 Å². The predicted molar refractivity (Wildman–Crippen MR) is 59.7 cm³/mol. The molecule has 0 amide bonds. The van der Waals surface area contributed by atoms with Gasteiger partial charge in [0.05, 0.1) is 0 Å². The van der Waals surface area contributed by atoms with Crippen molar-refractivity contribution in [1.29, 1.82) is 0 Å². The number of Topliss-reactive ketones (excluding diaryl/α,β-unsaturated/α-hetero) is 1. The van der Waals surface area contributed by atoms with E-state index in [2.05, 4.69) is 4.99 Å². The van der Waals surface area contributed by atoms with Crippen LogP contribution < -0.4 is 0 Å². The number of ketones is 1. The highest BCUT2D eigenvalue weighted by Crippen LogP contribution is 2.27. The second kappa shape index (κ2) is 4.09. The summed E-state index contributed by atoms with van der Waals surface area (Å²) in [7, 11) is 0. The van der Waals surface area contributed by atoms with E-state index in [4.69, 9.17) is 4.42 Å². The summed E-state index contributed by atoms with van der Waals surface area (Å²) in [6.45, 7) is 1.54. The Morgan fingerprint density at radius 3 is 3.07 bits per heavy atom. The van der Waals surface area contributed by atoms with E-state index in [1.807, 2.05) is 24.3 Å². The average Bonchev–Trinajstić information content (AvgIpc) is 2.62. The monoisotopic (exact) mass is 201 g/mol. The molecule has 0 N–H and O–H groups in total. The molecule has 1 aromatic heterocycles. The molecule has 0 spiro atoms. The summed E-state index contributed by atoms with van der Waals surface area (Å²) in [5.74, 6) is 0.103. The lowest BCUT2D eigenvalue weighted by molar-refractivity contribution is -0.115. The van der Waals surface area contributed by atoms with Gasteiger partial charge >= 0.3 is 0 Å². The number of furan rings is 1. The molecule has 0 aliphatic rings. The van der Waals surface area contributed by atoms with Crippen LogP contribution in [0, 0.1) is 0 Å². The van der Waals surface area contributed by atoms with Crippen molar-refractivity contribution in [2.75, 3.05) is 0 Å². The van der Waals surface area contributed by atoms with Crippen LogP contribution in [0.15, 0.2) is 39.9 Å². The third kappa shape index (κ3) is 2.13. The van der Waals surface area contributed by atoms with Crippen LogP contribution in [0.4, 0.5) is 5.69 Å². The minimum absolute atomic E-state index is 0.103. The van der Waals surface area contributed by atoms with E-state index in [-0.39, 0.29) is 5.78 Å². The van der Waals surface area contributed by atoms with Gasteiger partial charge in [-0.2, -0.15) is 0 Å². The van der Waals surface area contributed by atoms with Gasteiger partial charge in [0.1, 0.15) is 23.3 Å². The van der Waals surface area contributed by atoms with E-state index in [0.29, 0.717) is 6.42 Å². The van der Waals surface area contributed by atoms with Crippen LogP contribution in [0.5, 0.6) is 0 Å². The first-order chi connectivity index (χ1) is 7.27. The molecule has 0 unspecified atom stereocenters. The number of aliphatic imine (C=N–C) groups is 1. The van der Waals surface area contributed by atoms with Crippen LogP contribution in [-0.4, -0.2) is 12.0 Å². The van der Waals surface area contributed by atoms with Crippen molar-refractivity contribution in [2.45, 2.75) is 13.3 Å². The lowest BCUT2D eigenvalue weighted by Crippen LogP contribution is -1.88. The van der Waals surface area contributed by atoms with Crippen molar-refractivity contribution in [3.63, 3.8) is 0 Å². The van der Waals surface area contributed by atoms with E-state index in [1.54, 1.807) is 19.4 Å². The number of nitrogens with zero attached hydrogens (tertiary/aromatic N) is 1. The molecular weight excluding hydrogens is 190 g/mol. The Hall–Kier alpha value is -1.90. The first kappa shape index (κ1) is 9.65. The van der Waals surface area contributed by atoms with Crippen molar-refractivity contribution < 1.29 is 9.21 Å². The molecule has 0 saturated carbocycles. The summed E-state index contributed by atoms with van der Waals surface area (Å²) >= 11 is 0. The van der Waals surface area contributed by atoms with Gasteiger partial charge in [0, 0.05) is 18.0 Å². The fourth-order valence-electron chi connectivity index (χ4n) is 1.34. The number of hydrogen-bond acceptors (Lipinski definition) is 3. The van der Waals surface area contributed by atoms with Gasteiger partial charge in [0.15, 0.2) is 0 Å². The Balaban J connectivity index is 2.28. The Labute approximate surface area is 87.4 Å². The van der Waals surface area contributed by atoms with E-state index < -0.39 is 0 Å². The molecule has 0 aliphatic heterocycles. The van der Waals surface area contributed by atoms with Gasteiger partial charge in [0.25, 0.3) is 0 Å². The SMILES string of the molecule is CC(=O)CC=Nc1coc2ccccc12. The van der Waals surface area contributed by atoms with E-state index in [0.717, 1.165) is 16.7 Å². The highest BCUT2D eigenvalue weighted by molar-refractivity contribution is 5.94. The van der Waals surface area contributed by atoms with Crippen LogP contribution in [0.3, 0.4) is 0 Å². The van der Waals surface area contributed by atoms with Gasteiger partial charge in [-0.3, -0.25) is 9.79 Å². The summed E-state index contributed by atoms with van der Waals surface area (Å²) in [4.78, 5) is 14.9. The lowest BCUT2D eigenvalue weighted by Gasteiger charge is -1.88. The molecule has 0 atom stereocenters. The molecular formula is C12H11NO2. The number of fused-ring (bicyclic) bond motifs is 1. The van der Waals surface area contributed by atoms with Crippen molar-refractivity contribution in [3.8, 4) is 0 Å². The third-order valence-corrected chi connectivity index (χ3v) is 2.07. The highest BCUT2D eigenvalue weighted by Gasteiger charge is 2.01. The molecule has 2 aromatic rings. The number of hydrogen-bond donors (Lipinski definition) is 0. The minimum Gasteiger partial charge on any atom is -0.462 e. The zero-order valence-corrected chi connectivity index (χ0v) is 8.43. The molecule has 2 rings (SSSR count). The van der Waals surface area contributed by atoms with Crippen LogP contribution >= 0.6 is 0 Å². The standard InChI is InChI=1S/C12H11NO2/c1-9(14)6-7-13-11-8-15-12-5-3-2-4-10(11)12/h2-5,7-8H,6H2,1H3. The van der Waals surface area contributed by atoms with Crippen molar-refractivity contribution in [3.05, 3.63) is 30.5 Å². The summed E-state index contributed by atoms with van der Waals surface area (Å²) in [5, 5.41) is 0.970. The van der Waals surface area contributed by atoms with Gasteiger partial charge in [-0.15, -0.1) is 0 Å². The lowest BCUT2D eigenvalue weighted by atomic mass is 10.2. The maximum absolute atomic E-state index is 10.7. The van der Waals surface area contributed by atoms with Crippen LogP contribution in [-0.2, 0) is 4.79 Å². The third-order valence-electron chi connectivity index (χ3n) is 2.07. The number of rotatable bonds is 3. The van der Waals surface area contributed by atoms with Crippen molar-refractivity contribution in [1.82, 2.24) is 0 Å². The van der Waals surface area contributed by atoms with Crippen LogP contribution in [0.2, 0.25) is 0 Å². The first-order valence-corrected chi connectivity index (χ1v) is 4.75. The average molecular weight is 201 g/mol. The Bertz CT molecular complexity index is 511. The van der Waals surface area contributed by atoms with Gasteiger partial charge < -0.3 is 4.42 Å². The number of carbonyl (C=O) groups is 1. The smallest absolute Gasteiger partial charge is 0.136 e. The molecule has 15 heavy (non-hydrogen) atoms. The van der Waals surface area contributed by atoms with Crippen molar-refractivity contribution >= 4 is 28.7 Å². The zero-order valence-electron chi connectivity index (χ0n) is 8.43. The van der Waals surface area contributed by atoms with Gasteiger partial charge in [-0.05, 0) is 19.1 Å². The van der Waals surface area contributed by atoms with E-state index >= 15 is 0 Å². The Kier molecular flexibility index (Phi) is 2.63. The number of benzene rings is 1. The van der Waals surface area contributed by atoms with E-state index in [1.165, 1.54) is 0 Å². The van der Waals surface area contributed by atoms with Gasteiger partial charge in [-0.25, -0.2) is 0 Å². The maximum Gasteiger partial charge on any atom is 0.136 e. The summed E-state index contributed by atoms with van der Waals surface area (Å²) in [6, 6.07) is 7.68. The summed E-state index contributed by atoms with van der Waals surface area (Å²) in [5.41, 5.74) is 1.58. The molecule has 0 saturated heterocycles. The second-order valence-corrected chi connectivity index (χ2v) is 3.33. The highest BCUT2D eigenvalue weighted by atomic mass is 16.3. The molecule has 1 heterocycles. The topological polar surface area (TPSA) is 42.6 Å². The quantitative estimate of drug-likeness (QED) is 0.716. The summed E-state index contributed by atoms with van der Waals surface area (Å²) in [6.07, 6.45) is 3.57. The van der Waals surface area contributed by atoms with Crippen molar-refractivity contribution in [2.24, 2.45) is 4.99 Å². The molecule has 0 fully saturated rings. The fourth-order valence-corrected chi connectivity index (χ4v) is 1.34. The summed E-state index contributed by atoms with van der Waals surface area (Å²) < 4.78 is 5.31. The largest absolute Gasteiger partial charge is 0.462 e. The molecule has 0 radical (unpaired) electrons. The number of para-hydroxylation sites is 1. The normalized spacial score (nSPS) is 11.3. The van der Waals surface area contributed by atoms with Gasteiger partial charge in [-0.1, -0.05) is 12.1 Å². The molecule has 0 aliphatic carbocycles. The van der Waals surface area contributed by atoms with E-state index in [9.17, 15) is 4.79 Å². The fraction of sp³-hybridized carbons (Fsp3) is 0.167. The van der Waals surface area contributed by atoms with Crippen LogP contribution in [0.25, 0.3) is 11.0 Å². The number of carbonyl (C=O) groups excluding carboxylic acids is 1. The molecule has 0 bridgehead atoms. The Morgan fingerprint density at radius 1 is 1.47 bits per heavy atom.